The van der Waals surface area contributed by atoms with Gasteiger partial charge in [-0.25, -0.2) is 9.67 Å². The van der Waals surface area contributed by atoms with Gasteiger partial charge in [0, 0.05) is 34.7 Å². The minimum absolute atomic E-state index is 0.477. The molecule has 0 fully saturated rings. The third-order valence-electron chi connectivity index (χ3n) is 8.39. The van der Waals surface area contributed by atoms with E-state index >= 15 is 0 Å². The van der Waals surface area contributed by atoms with Crippen LogP contribution in [-0.2, 0) is 12.8 Å². The number of fused-ring (bicyclic) bond motifs is 3. The van der Waals surface area contributed by atoms with Crippen LogP contribution in [0.15, 0.2) is 115 Å². The topological polar surface area (TPSA) is 44.9 Å². The second-order valence-corrected chi connectivity index (χ2v) is 13.1. The van der Waals surface area contributed by atoms with Gasteiger partial charge in [0.15, 0.2) is 0 Å². The zero-order chi connectivity index (χ0) is 31.8. The van der Waals surface area contributed by atoms with E-state index in [0.29, 0.717) is 11.8 Å². The number of aromatic nitrogens is 4. The fourth-order valence-electron chi connectivity index (χ4n) is 6.48. The molecule has 3 heterocycles. The summed E-state index contributed by atoms with van der Waals surface area (Å²) in [5.74, 6) is 3.41. The Morgan fingerprint density at radius 3 is 2.20 bits per heavy atom. The highest BCUT2D eigenvalue weighted by atomic mass is 16.5. The van der Waals surface area contributed by atoms with Crippen LogP contribution in [0.25, 0.3) is 44.4 Å². The summed E-state index contributed by atoms with van der Waals surface area (Å²) in [5.41, 5.74) is 9.22. The molecule has 5 heteroatoms. The molecule has 7 rings (SSSR count). The van der Waals surface area contributed by atoms with Crippen LogP contribution in [0.4, 0.5) is 0 Å². The van der Waals surface area contributed by atoms with E-state index in [-0.39, 0.29) is 0 Å². The minimum atomic E-state index is 0.477. The van der Waals surface area contributed by atoms with Crippen LogP contribution in [0.2, 0.25) is 0 Å². The molecule has 0 amide bonds. The molecule has 0 unspecified atom stereocenters. The summed E-state index contributed by atoms with van der Waals surface area (Å²) < 4.78 is 11.0. The normalized spacial score (nSPS) is 11.7. The van der Waals surface area contributed by atoms with Crippen LogP contribution < -0.4 is 4.74 Å². The largest absolute Gasteiger partial charge is 0.457 e. The van der Waals surface area contributed by atoms with Crippen molar-refractivity contribution >= 4 is 21.8 Å². The van der Waals surface area contributed by atoms with Crippen LogP contribution in [0.5, 0.6) is 11.5 Å². The highest BCUT2D eigenvalue weighted by molar-refractivity contribution is 6.09. The predicted molar refractivity (Wildman–Crippen MR) is 189 cm³/mol. The minimum Gasteiger partial charge on any atom is -0.457 e. The predicted octanol–water partition coefficient (Wildman–Crippen LogP) is 10.5. The summed E-state index contributed by atoms with van der Waals surface area (Å²) >= 11 is 0. The lowest BCUT2D eigenvalue weighted by Gasteiger charge is -2.14. The number of pyridine rings is 1. The number of hydrogen-bond acceptors (Lipinski definition) is 3. The molecule has 0 spiro atoms. The highest BCUT2D eigenvalue weighted by Crippen LogP contribution is 2.37. The first kappa shape index (κ1) is 29.5. The first-order chi connectivity index (χ1) is 22.4. The third-order valence-corrected chi connectivity index (χ3v) is 8.39. The molecule has 230 valence electrons. The van der Waals surface area contributed by atoms with Gasteiger partial charge in [0.2, 0.25) is 0 Å². The van der Waals surface area contributed by atoms with Gasteiger partial charge in [0.25, 0.3) is 0 Å². The molecule has 0 N–H and O–H groups in total. The van der Waals surface area contributed by atoms with Crippen LogP contribution in [-0.4, -0.2) is 19.3 Å². The SMILES string of the molecule is Cc1ccnc(-n2c3ccccc3c3ccc(Oc4cccc(-n5nc(CC(C)C)c(-c6ccccc6)c5CC(C)C)c4)cc32)c1. The van der Waals surface area contributed by atoms with Crippen molar-refractivity contribution in [3.8, 4) is 34.1 Å². The van der Waals surface area contributed by atoms with Crippen molar-refractivity contribution in [2.24, 2.45) is 11.8 Å². The molecule has 0 saturated heterocycles. The lowest BCUT2D eigenvalue weighted by Crippen LogP contribution is -2.06. The van der Waals surface area contributed by atoms with Crippen molar-refractivity contribution in [3.63, 3.8) is 0 Å². The van der Waals surface area contributed by atoms with Gasteiger partial charge in [-0.05, 0) is 85.2 Å². The molecule has 0 atom stereocenters. The van der Waals surface area contributed by atoms with Gasteiger partial charge in [-0.15, -0.1) is 0 Å². The number of hydrogen-bond donors (Lipinski definition) is 0. The zero-order valence-corrected chi connectivity index (χ0v) is 27.2. The lowest BCUT2D eigenvalue weighted by atomic mass is 9.94. The smallest absolute Gasteiger partial charge is 0.137 e. The molecule has 3 aromatic heterocycles. The Morgan fingerprint density at radius 2 is 1.41 bits per heavy atom. The maximum Gasteiger partial charge on any atom is 0.137 e. The van der Waals surface area contributed by atoms with Crippen molar-refractivity contribution in [2.75, 3.05) is 0 Å². The number of para-hydroxylation sites is 1. The summed E-state index contributed by atoms with van der Waals surface area (Å²) in [6.07, 6.45) is 3.71. The summed E-state index contributed by atoms with van der Waals surface area (Å²) in [7, 11) is 0. The van der Waals surface area contributed by atoms with Crippen molar-refractivity contribution in [2.45, 2.75) is 47.5 Å². The van der Waals surface area contributed by atoms with Gasteiger partial charge < -0.3 is 4.74 Å². The lowest BCUT2D eigenvalue weighted by molar-refractivity contribution is 0.482. The summed E-state index contributed by atoms with van der Waals surface area (Å²) in [5, 5.41) is 7.63. The fourth-order valence-corrected chi connectivity index (χ4v) is 6.48. The molecule has 4 aromatic carbocycles. The number of nitrogens with zero attached hydrogens (tertiary/aromatic N) is 4. The Morgan fingerprint density at radius 1 is 0.674 bits per heavy atom. The van der Waals surface area contributed by atoms with Gasteiger partial charge in [0.05, 0.1) is 28.1 Å². The van der Waals surface area contributed by atoms with Crippen LogP contribution >= 0.6 is 0 Å². The van der Waals surface area contributed by atoms with Crippen LogP contribution in [0.1, 0.15) is 44.6 Å². The molecule has 0 bridgehead atoms. The van der Waals surface area contributed by atoms with E-state index in [1.54, 1.807) is 0 Å². The second-order valence-electron chi connectivity index (χ2n) is 13.1. The van der Waals surface area contributed by atoms with Gasteiger partial charge in [0.1, 0.15) is 17.3 Å². The Hall–Kier alpha value is -5.16. The van der Waals surface area contributed by atoms with Gasteiger partial charge >= 0.3 is 0 Å². The van der Waals surface area contributed by atoms with E-state index in [1.165, 1.54) is 33.2 Å². The van der Waals surface area contributed by atoms with E-state index in [1.807, 2.05) is 18.3 Å². The average molecular weight is 605 g/mol. The van der Waals surface area contributed by atoms with E-state index in [4.69, 9.17) is 14.8 Å². The van der Waals surface area contributed by atoms with Gasteiger partial charge in [-0.1, -0.05) is 82.3 Å². The molecule has 7 aromatic rings. The maximum atomic E-state index is 6.59. The summed E-state index contributed by atoms with van der Waals surface area (Å²) in [4.78, 5) is 4.73. The standard InChI is InChI=1S/C41H40N4O/c1-27(2)22-36-41(30-12-7-6-8-13-30)39(23-28(3)4)45(43-36)31-14-11-15-32(25-31)46-33-18-19-35-34-16-9-10-17-37(34)44(38(35)26-33)40-24-29(5)20-21-42-40/h6-21,24-28H,22-23H2,1-5H3. The van der Waals surface area contributed by atoms with Crippen molar-refractivity contribution < 1.29 is 4.74 Å². The summed E-state index contributed by atoms with van der Waals surface area (Å²) in [6.45, 7) is 11.2. The average Bonchev–Trinajstić information content (AvgIpc) is 3.55. The van der Waals surface area contributed by atoms with Crippen molar-refractivity contribution in [1.82, 2.24) is 19.3 Å². The Kier molecular flexibility index (Phi) is 7.91. The molecule has 0 saturated carbocycles. The van der Waals surface area contributed by atoms with Crippen molar-refractivity contribution in [1.29, 1.82) is 0 Å². The molecule has 0 aliphatic heterocycles. The molecule has 0 radical (unpaired) electrons. The molecule has 0 aliphatic rings. The Balaban J connectivity index is 1.31. The fraction of sp³-hybridized carbons (Fsp3) is 0.220. The summed E-state index contributed by atoms with van der Waals surface area (Å²) in [6, 6.07) is 38.0. The van der Waals surface area contributed by atoms with Gasteiger partial charge in [-0.2, -0.15) is 5.10 Å². The number of benzene rings is 4. The second kappa shape index (κ2) is 12.3. The van der Waals surface area contributed by atoms with Gasteiger partial charge in [-0.3, -0.25) is 4.57 Å². The molecular weight excluding hydrogens is 564 g/mol. The quantitative estimate of drug-likeness (QED) is 0.165. The van der Waals surface area contributed by atoms with E-state index in [2.05, 4.69) is 141 Å². The molecular formula is C41H40N4O. The van der Waals surface area contributed by atoms with Crippen LogP contribution in [0, 0.1) is 18.8 Å². The Bertz CT molecular complexity index is 2150. The first-order valence-electron chi connectivity index (χ1n) is 16.3. The zero-order valence-electron chi connectivity index (χ0n) is 27.2. The molecule has 0 aliphatic carbocycles. The van der Waals surface area contributed by atoms with Crippen LogP contribution in [0.3, 0.4) is 0 Å². The number of rotatable bonds is 9. The number of aryl methyl sites for hydroxylation is 1. The monoisotopic (exact) mass is 604 g/mol. The molecule has 5 nitrogen and oxygen atoms in total. The number of ether oxygens (including phenoxy) is 1. The maximum absolute atomic E-state index is 6.59. The highest BCUT2D eigenvalue weighted by Gasteiger charge is 2.22. The van der Waals surface area contributed by atoms with E-state index in [0.717, 1.165) is 52.6 Å². The third kappa shape index (κ3) is 5.69. The van der Waals surface area contributed by atoms with E-state index in [9.17, 15) is 0 Å². The Labute approximate surface area is 271 Å². The molecule has 46 heavy (non-hydrogen) atoms. The van der Waals surface area contributed by atoms with E-state index < -0.39 is 0 Å². The van der Waals surface area contributed by atoms with Crippen molar-refractivity contribution in [3.05, 3.63) is 132 Å². The first-order valence-corrected chi connectivity index (χ1v) is 16.3.